The lowest BCUT2D eigenvalue weighted by atomic mass is 10.2. The second-order valence-corrected chi connectivity index (χ2v) is 3.56. The largest absolute Gasteiger partial charge is 0.411 e. The van der Waals surface area contributed by atoms with E-state index in [9.17, 15) is 18.3 Å². The molecule has 0 aliphatic rings. The highest BCUT2D eigenvalue weighted by atomic mass is 19.4. The molecular weight excluding hydrogens is 255 g/mol. The number of alkyl halides is 3. The molecule has 0 bridgehead atoms. The van der Waals surface area contributed by atoms with Crippen LogP contribution in [0.2, 0.25) is 0 Å². The van der Waals surface area contributed by atoms with Crippen molar-refractivity contribution < 1.29 is 27.5 Å². The maximum atomic E-state index is 11.8. The highest BCUT2D eigenvalue weighted by Gasteiger charge is 2.27. The van der Waals surface area contributed by atoms with E-state index in [1.165, 1.54) is 0 Å². The minimum Gasteiger partial charge on any atom is -0.383 e. The smallest absolute Gasteiger partial charge is 0.383 e. The molecule has 0 amide bonds. The van der Waals surface area contributed by atoms with Gasteiger partial charge in [-0.1, -0.05) is 5.16 Å². The van der Waals surface area contributed by atoms with Gasteiger partial charge in [-0.25, -0.2) is 0 Å². The molecule has 0 radical (unpaired) electrons. The molecule has 1 rings (SSSR count). The number of rotatable bonds is 7. The van der Waals surface area contributed by atoms with Crippen LogP contribution in [0.3, 0.4) is 0 Å². The van der Waals surface area contributed by atoms with Gasteiger partial charge in [0, 0.05) is 6.42 Å². The summed E-state index contributed by atoms with van der Waals surface area (Å²) < 4.78 is 44.4. The van der Waals surface area contributed by atoms with Crippen molar-refractivity contribution in [2.45, 2.75) is 25.1 Å². The summed E-state index contributed by atoms with van der Waals surface area (Å²) in [6.45, 7) is -1.23. The minimum absolute atomic E-state index is 0.00581. The fourth-order valence-electron chi connectivity index (χ4n) is 1.14. The molecule has 1 atom stereocenters. The molecular formula is C9H14F3N3O3. The van der Waals surface area contributed by atoms with Crippen molar-refractivity contribution in [1.82, 2.24) is 10.1 Å². The van der Waals surface area contributed by atoms with Crippen LogP contribution in [0.15, 0.2) is 4.52 Å². The van der Waals surface area contributed by atoms with Crippen LogP contribution in [-0.4, -0.2) is 41.2 Å². The molecule has 1 heterocycles. The Morgan fingerprint density at radius 3 is 2.78 bits per heavy atom. The van der Waals surface area contributed by atoms with E-state index in [0.717, 1.165) is 0 Å². The molecule has 9 heteroatoms. The highest BCUT2D eigenvalue weighted by molar-refractivity contribution is 4.90. The fraction of sp³-hybridized carbons (Fsp3) is 0.778. The molecule has 0 aliphatic carbocycles. The molecule has 0 saturated carbocycles. The van der Waals surface area contributed by atoms with E-state index < -0.39 is 18.9 Å². The van der Waals surface area contributed by atoms with Gasteiger partial charge in [0.2, 0.25) is 0 Å². The third-order valence-corrected chi connectivity index (χ3v) is 1.94. The predicted octanol–water partition coefficient (Wildman–Crippen LogP) is 0.573. The van der Waals surface area contributed by atoms with E-state index in [1.54, 1.807) is 0 Å². The summed E-state index contributed by atoms with van der Waals surface area (Å²) in [5, 5.41) is 13.0. The summed E-state index contributed by atoms with van der Waals surface area (Å²) in [7, 11) is 0. The number of hydrogen-bond donors (Lipinski definition) is 2. The van der Waals surface area contributed by atoms with Gasteiger partial charge in [0.05, 0.1) is 6.61 Å². The van der Waals surface area contributed by atoms with Crippen LogP contribution in [-0.2, 0) is 11.2 Å². The van der Waals surface area contributed by atoms with Gasteiger partial charge in [-0.15, -0.1) is 0 Å². The van der Waals surface area contributed by atoms with Gasteiger partial charge < -0.3 is 20.1 Å². The van der Waals surface area contributed by atoms with Gasteiger partial charge in [0.15, 0.2) is 5.82 Å². The lowest BCUT2D eigenvalue weighted by Gasteiger charge is -2.05. The minimum atomic E-state index is -4.35. The first-order chi connectivity index (χ1) is 8.42. The van der Waals surface area contributed by atoms with Crippen LogP contribution < -0.4 is 5.73 Å². The molecule has 1 aromatic rings. The summed E-state index contributed by atoms with van der Waals surface area (Å²) in [5.41, 5.74) is 5.24. The lowest BCUT2D eigenvalue weighted by molar-refractivity contribution is -0.173. The zero-order valence-corrected chi connectivity index (χ0v) is 9.48. The van der Waals surface area contributed by atoms with E-state index in [0.29, 0.717) is 0 Å². The van der Waals surface area contributed by atoms with Gasteiger partial charge in [0.1, 0.15) is 12.7 Å². The molecule has 18 heavy (non-hydrogen) atoms. The van der Waals surface area contributed by atoms with Crippen molar-refractivity contribution in [1.29, 1.82) is 0 Å². The highest BCUT2D eigenvalue weighted by Crippen LogP contribution is 2.15. The maximum absolute atomic E-state index is 11.8. The van der Waals surface area contributed by atoms with Crippen molar-refractivity contribution in [3.8, 4) is 0 Å². The van der Waals surface area contributed by atoms with Crippen LogP contribution in [0.25, 0.3) is 0 Å². The first-order valence-corrected chi connectivity index (χ1v) is 5.27. The Labute approximate surface area is 101 Å². The Morgan fingerprint density at radius 1 is 1.44 bits per heavy atom. The van der Waals surface area contributed by atoms with Crippen LogP contribution in [0, 0.1) is 0 Å². The molecule has 0 saturated heterocycles. The molecule has 0 aromatic carbocycles. The van der Waals surface area contributed by atoms with E-state index in [1.807, 2.05) is 0 Å². The second-order valence-electron chi connectivity index (χ2n) is 3.56. The summed E-state index contributed by atoms with van der Waals surface area (Å²) in [4.78, 5) is 3.82. The topological polar surface area (TPSA) is 94.4 Å². The zero-order chi connectivity index (χ0) is 13.6. The fourth-order valence-corrected chi connectivity index (χ4v) is 1.14. The van der Waals surface area contributed by atoms with Crippen LogP contribution >= 0.6 is 0 Å². The number of halogens is 3. The Bertz CT molecular complexity index is 356. The standard InChI is InChI=1S/C9H14F3N3O3/c10-9(11,12)5-17-4-2-7-14-8(18-15-7)6(16)1-3-13/h6,16H,1-5,13H2/t6-/m0/s1. The Hall–Kier alpha value is -1.19. The molecule has 0 aliphatic heterocycles. The van der Waals surface area contributed by atoms with E-state index in [4.69, 9.17) is 10.3 Å². The number of aliphatic hydroxyl groups is 1. The lowest BCUT2D eigenvalue weighted by Crippen LogP contribution is -2.18. The number of aliphatic hydroxyl groups excluding tert-OH is 1. The molecule has 6 nitrogen and oxygen atoms in total. The average molecular weight is 269 g/mol. The van der Waals surface area contributed by atoms with Gasteiger partial charge in [-0.2, -0.15) is 18.2 Å². The summed E-state index contributed by atoms with van der Waals surface area (Å²) in [5.74, 6) is 0.189. The molecule has 3 N–H and O–H groups in total. The van der Waals surface area contributed by atoms with Gasteiger partial charge in [0.25, 0.3) is 5.89 Å². The molecule has 0 spiro atoms. The predicted molar refractivity (Wildman–Crippen MR) is 53.5 cm³/mol. The van der Waals surface area contributed by atoms with Crippen molar-refractivity contribution in [2.24, 2.45) is 5.73 Å². The van der Waals surface area contributed by atoms with Gasteiger partial charge in [-0.05, 0) is 13.0 Å². The maximum Gasteiger partial charge on any atom is 0.411 e. The Balaban J connectivity index is 2.31. The van der Waals surface area contributed by atoms with E-state index in [-0.39, 0.29) is 37.7 Å². The first-order valence-electron chi connectivity index (χ1n) is 5.27. The molecule has 0 fully saturated rings. The van der Waals surface area contributed by atoms with Crippen molar-refractivity contribution in [3.63, 3.8) is 0 Å². The SMILES string of the molecule is NCC[C@H](O)c1nc(CCOCC(F)(F)F)no1. The van der Waals surface area contributed by atoms with Crippen LogP contribution in [0.5, 0.6) is 0 Å². The molecule has 1 aromatic heterocycles. The normalized spacial score (nSPS) is 13.8. The first kappa shape index (κ1) is 14.9. The monoisotopic (exact) mass is 269 g/mol. The van der Waals surface area contributed by atoms with Gasteiger partial charge >= 0.3 is 6.18 Å². The third kappa shape index (κ3) is 5.43. The summed E-state index contributed by atoms with van der Waals surface area (Å²) in [6, 6.07) is 0. The van der Waals surface area contributed by atoms with Crippen molar-refractivity contribution in [2.75, 3.05) is 19.8 Å². The quantitative estimate of drug-likeness (QED) is 0.703. The van der Waals surface area contributed by atoms with E-state index in [2.05, 4.69) is 14.9 Å². The summed E-state index contributed by atoms with van der Waals surface area (Å²) in [6.07, 6.45) is -4.95. The number of aromatic nitrogens is 2. The second kappa shape index (κ2) is 6.66. The Kier molecular flexibility index (Phi) is 5.51. The molecule has 104 valence electrons. The zero-order valence-electron chi connectivity index (χ0n) is 9.48. The van der Waals surface area contributed by atoms with E-state index >= 15 is 0 Å². The van der Waals surface area contributed by atoms with Crippen molar-refractivity contribution >= 4 is 0 Å². The number of nitrogens with two attached hydrogens (primary N) is 1. The molecule has 0 unspecified atom stereocenters. The number of hydrogen-bond acceptors (Lipinski definition) is 6. The van der Waals surface area contributed by atoms with Crippen molar-refractivity contribution in [3.05, 3.63) is 11.7 Å². The number of ether oxygens (including phenoxy) is 1. The van der Waals surface area contributed by atoms with Gasteiger partial charge in [-0.3, -0.25) is 0 Å². The van der Waals surface area contributed by atoms with Crippen LogP contribution in [0.4, 0.5) is 13.2 Å². The Morgan fingerprint density at radius 2 is 2.17 bits per heavy atom. The van der Waals surface area contributed by atoms with Crippen LogP contribution in [0.1, 0.15) is 24.2 Å². The third-order valence-electron chi connectivity index (χ3n) is 1.94. The summed E-state index contributed by atoms with van der Waals surface area (Å²) >= 11 is 0. The average Bonchev–Trinajstić information content (AvgIpc) is 2.72. The number of nitrogens with zero attached hydrogens (tertiary/aromatic N) is 2.